The number of hydrogen-bond acceptors (Lipinski definition) is 4. The van der Waals surface area contributed by atoms with Crippen LogP contribution in [0, 0.1) is 0 Å². The molecular formula is C23H28N2O2. The van der Waals surface area contributed by atoms with E-state index in [0.29, 0.717) is 6.61 Å². The molecule has 2 aromatic rings. The minimum atomic E-state index is -0.228. The summed E-state index contributed by atoms with van der Waals surface area (Å²) in [6, 6.07) is 21.0. The van der Waals surface area contributed by atoms with Crippen molar-refractivity contribution in [2.75, 3.05) is 13.2 Å². The summed E-state index contributed by atoms with van der Waals surface area (Å²) < 4.78 is 5.11. The molecule has 1 heterocycles. The molecule has 27 heavy (non-hydrogen) atoms. The predicted octanol–water partition coefficient (Wildman–Crippen LogP) is 3.61. The fourth-order valence-electron chi connectivity index (χ4n) is 3.66. The summed E-state index contributed by atoms with van der Waals surface area (Å²) in [5.41, 5.74) is 3.55. The van der Waals surface area contributed by atoms with Gasteiger partial charge in [-0.25, -0.2) is 0 Å². The van der Waals surface area contributed by atoms with Crippen LogP contribution in [0.1, 0.15) is 36.8 Å². The summed E-state index contributed by atoms with van der Waals surface area (Å²) in [5.74, 6) is 0.0847. The van der Waals surface area contributed by atoms with Gasteiger partial charge in [-0.05, 0) is 30.9 Å². The molecule has 2 N–H and O–H groups in total. The second-order valence-corrected chi connectivity index (χ2v) is 6.97. The van der Waals surface area contributed by atoms with Crippen LogP contribution in [0.2, 0.25) is 0 Å². The number of ether oxygens (including phenoxy) is 1. The molecule has 0 amide bonds. The van der Waals surface area contributed by atoms with E-state index >= 15 is 0 Å². The Morgan fingerprint density at radius 2 is 1.74 bits per heavy atom. The first-order chi connectivity index (χ1) is 13.2. The van der Waals surface area contributed by atoms with Crippen LogP contribution in [0.3, 0.4) is 0 Å². The van der Waals surface area contributed by atoms with E-state index in [1.807, 2.05) is 19.1 Å². The van der Waals surface area contributed by atoms with E-state index in [1.165, 1.54) is 11.1 Å². The highest BCUT2D eigenvalue weighted by Gasteiger charge is 2.30. The average molecular weight is 364 g/mol. The molecule has 2 aromatic carbocycles. The SMILES string of the molecule is C=C(CC(c1ccccc1)c1ccccc1)NC1CNC(C(=O)OCC)C1. The molecule has 1 aliphatic rings. The van der Waals surface area contributed by atoms with Crippen molar-refractivity contribution in [2.24, 2.45) is 0 Å². The highest BCUT2D eigenvalue weighted by Crippen LogP contribution is 2.30. The van der Waals surface area contributed by atoms with E-state index < -0.39 is 0 Å². The molecule has 0 spiro atoms. The van der Waals surface area contributed by atoms with Gasteiger partial charge in [0.15, 0.2) is 0 Å². The molecule has 1 aliphatic heterocycles. The first-order valence-electron chi connectivity index (χ1n) is 9.61. The third-order valence-electron chi connectivity index (χ3n) is 4.96. The number of rotatable bonds is 8. The maximum Gasteiger partial charge on any atom is 0.323 e. The van der Waals surface area contributed by atoms with Crippen LogP contribution < -0.4 is 10.6 Å². The summed E-state index contributed by atoms with van der Waals surface area (Å²) in [5, 5.41) is 6.75. The zero-order valence-electron chi connectivity index (χ0n) is 15.9. The van der Waals surface area contributed by atoms with E-state index in [2.05, 4.69) is 65.7 Å². The van der Waals surface area contributed by atoms with Crippen molar-refractivity contribution < 1.29 is 9.53 Å². The molecule has 1 saturated heterocycles. The second-order valence-electron chi connectivity index (χ2n) is 6.97. The number of benzene rings is 2. The van der Waals surface area contributed by atoms with Gasteiger partial charge in [0.2, 0.25) is 0 Å². The third kappa shape index (κ3) is 5.20. The van der Waals surface area contributed by atoms with Gasteiger partial charge in [0, 0.05) is 24.2 Å². The van der Waals surface area contributed by atoms with Gasteiger partial charge in [-0.15, -0.1) is 0 Å². The quantitative estimate of drug-likeness (QED) is 0.703. The summed E-state index contributed by atoms with van der Waals surface area (Å²) in [4.78, 5) is 11.9. The van der Waals surface area contributed by atoms with E-state index in [0.717, 1.165) is 25.1 Å². The number of allylic oxidation sites excluding steroid dienone is 1. The molecule has 4 heteroatoms. The highest BCUT2D eigenvalue weighted by molar-refractivity contribution is 5.76. The lowest BCUT2D eigenvalue weighted by molar-refractivity contribution is -0.145. The predicted molar refractivity (Wildman–Crippen MR) is 108 cm³/mol. The molecule has 0 aliphatic carbocycles. The highest BCUT2D eigenvalue weighted by atomic mass is 16.5. The zero-order valence-corrected chi connectivity index (χ0v) is 15.9. The van der Waals surface area contributed by atoms with Crippen LogP contribution >= 0.6 is 0 Å². The van der Waals surface area contributed by atoms with E-state index in [9.17, 15) is 4.79 Å². The lowest BCUT2D eigenvalue weighted by Gasteiger charge is -2.22. The van der Waals surface area contributed by atoms with E-state index in [4.69, 9.17) is 4.74 Å². The number of carbonyl (C=O) groups is 1. The molecule has 142 valence electrons. The Balaban J connectivity index is 1.63. The van der Waals surface area contributed by atoms with Crippen LogP contribution in [-0.2, 0) is 9.53 Å². The van der Waals surface area contributed by atoms with Gasteiger partial charge in [-0.3, -0.25) is 4.79 Å². The lowest BCUT2D eigenvalue weighted by Crippen LogP contribution is -2.32. The molecular weight excluding hydrogens is 336 g/mol. The van der Waals surface area contributed by atoms with Crippen LogP contribution in [-0.4, -0.2) is 31.2 Å². The van der Waals surface area contributed by atoms with Gasteiger partial charge in [0.25, 0.3) is 0 Å². The maximum atomic E-state index is 11.9. The fourth-order valence-corrected chi connectivity index (χ4v) is 3.66. The maximum absolute atomic E-state index is 11.9. The van der Waals surface area contributed by atoms with Crippen molar-refractivity contribution >= 4 is 5.97 Å². The monoisotopic (exact) mass is 364 g/mol. The first kappa shape index (κ1) is 19.2. The summed E-state index contributed by atoms with van der Waals surface area (Å²) in [6.07, 6.45) is 1.54. The summed E-state index contributed by atoms with van der Waals surface area (Å²) >= 11 is 0. The normalized spacial score (nSPS) is 19.0. The molecule has 0 saturated carbocycles. The summed E-state index contributed by atoms with van der Waals surface area (Å²) in [6.45, 7) is 7.25. The number of carbonyl (C=O) groups excluding carboxylic acids is 1. The van der Waals surface area contributed by atoms with Crippen molar-refractivity contribution in [3.63, 3.8) is 0 Å². The van der Waals surface area contributed by atoms with Gasteiger partial charge in [0.1, 0.15) is 6.04 Å². The third-order valence-corrected chi connectivity index (χ3v) is 4.96. The molecule has 3 rings (SSSR count). The fraction of sp³-hybridized carbons (Fsp3) is 0.348. The van der Waals surface area contributed by atoms with Gasteiger partial charge >= 0.3 is 5.97 Å². The van der Waals surface area contributed by atoms with Crippen LogP contribution in [0.25, 0.3) is 0 Å². The minimum absolute atomic E-state index is 0.168. The first-order valence-corrected chi connectivity index (χ1v) is 9.61. The van der Waals surface area contributed by atoms with Gasteiger partial charge < -0.3 is 15.4 Å². The topological polar surface area (TPSA) is 50.4 Å². The minimum Gasteiger partial charge on any atom is -0.465 e. The number of hydrogen-bond donors (Lipinski definition) is 2. The Kier molecular flexibility index (Phi) is 6.66. The van der Waals surface area contributed by atoms with Crippen molar-refractivity contribution in [3.05, 3.63) is 84.1 Å². The molecule has 1 fully saturated rings. The molecule has 2 atom stereocenters. The molecule has 0 radical (unpaired) electrons. The Labute approximate surface area is 161 Å². The van der Waals surface area contributed by atoms with Gasteiger partial charge in [0.05, 0.1) is 6.61 Å². The summed E-state index contributed by atoms with van der Waals surface area (Å²) in [7, 11) is 0. The van der Waals surface area contributed by atoms with E-state index in [-0.39, 0.29) is 24.0 Å². The van der Waals surface area contributed by atoms with Crippen molar-refractivity contribution in [1.29, 1.82) is 0 Å². The Morgan fingerprint density at radius 1 is 1.15 bits per heavy atom. The molecule has 0 bridgehead atoms. The standard InChI is InChI=1S/C23H28N2O2/c1-3-27-23(26)22-15-20(16-24-22)25-17(2)14-21(18-10-6-4-7-11-18)19-12-8-5-9-13-19/h4-13,20-22,24-25H,2-3,14-16H2,1H3. The van der Waals surface area contributed by atoms with E-state index in [1.54, 1.807) is 0 Å². The average Bonchev–Trinajstić information content (AvgIpc) is 3.16. The van der Waals surface area contributed by atoms with Crippen molar-refractivity contribution in [1.82, 2.24) is 10.6 Å². The van der Waals surface area contributed by atoms with Crippen LogP contribution in [0.15, 0.2) is 72.9 Å². The smallest absolute Gasteiger partial charge is 0.323 e. The zero-order chi connectivity index (χ0) is 19.1. The molecule has 2 unspecified atom stereocenters. The van der Waals surface area contributed by atoms with Crippen LogP contribution in [0.5, 0.6) is 0 Å². The number of esters is 1. The van der Waals surface area contributed by atoms with Crippen molar-refractivity contribution in [3.8, 4) is 0 Å². The van der Waals surface area contributed by atoms with Crippen LogP contribution in [0.4, 0.5) is 0 Å². The van der Waals surface area contributed by atoms with Gasteiger partial charge in [-0.2, -0.15) is 0 Å². The second kappa shape index (κ2) is 9.38. The molecule has 0 aromatic heterocycles. The molecule has 4 nitrogen and oxygen atoms in total. The van der Waals surface area contributed by atoms with Crippen molar-refractivity contribution in [2.45, 2.75) is 37.8 Å². The largest absolute Gasteiger partial charge is 0.465 e. The number of nitrogens with one attached hydrogen (secondary N) is 2. The lowest BCUT2D eigenvalue weighted by atomic mass is 9.87. The Bertz CT molecular complexity index is 706. The Hall–Kier alpha value is -2.59. The van der Waals surface area contributed by atoms with Gasteiger partial charge in [-0.1, -0.05) is 67.2 Å². The Morgan fingerprint density at radius 3 is 2.30 bits per heavy atom.